The van der Waals surface area contributed by atoms with Crippen LogP contribution in [0.15, 0.2) is 48.5 Å². The molecule has 0 amide bonds. The van der Waals surface area contributed by atoms with E-state index in [9.17, 15) is 10.1 Å². The molecule has 1 fully saturated rings. The van der Waals surface area contributed by atoms with Crippen LogP contribution in [0.5, 0.6) is 5.75 Å². The molecular formula is C16H15NO3. The van der Waals surface area contributed by atoms with Crippen LogP contribution < -0.4 is 4.74 Å². The summed E-state index contributed by atoms with van der Waals surface area (Å²) in [6.45, 7) is 0. The van der Waals surface area contributed by atoms with Crippen LogP contribution in [-0.2, 0) is 0 Å². The van der Waals surface area contributed by atoms with Gasteiger partial charge in [0.25, 0.3) is 5.69 Å². The van der Waals surface area contributed by atoms with E-state index in [-0.39, 0.29) is 10.6 Å². The van der Waals surface area contributed by atoms with E-state index in [4.69, 9.17) is 4.74 Å². The third-order valence-electron chi connectivity index (χ3n) is 3.84. The first-order chi connectivity index (χ1) is 9.69. The van der Waals surface area contributed by atoms with Gasteiger partial charge in [0.15, 0.2) is 0 Å². The molecule has 0 heterocycles. The monoisotopic (exact) mass is 269 g/mol. The average Bonchev–Trinajstić information content (AvgIpc) is 3.28. The molecule has 0 bridgehead atoms. The van der Waals surface area contributed by atoms with Crippen LogP contribution in [0.3, 0.4) is 0 Å². The molecule has 20 heavy (non-hydrogen) atoms. The first-order valence-corrected chi connectivity index (χ1v) is 6.57. The van der Waals surface area contributed by atoms with Crippen molar-refractivity contribution >= 4 is 5.69 Å². The van der Waals surface area contributed by atoms with Crippen LogP contribution in [0, 0.1) is 10.1 Å². The van der Waals surface area contributed by atoms with Crippen molar-refractivity contribution in [1.29, 1.82) is 0 Å². The molecule has 1 saturated carbocycles. The van der Waals surface area contributed by atoms with Crippen LogP contribution >= 0.6 is 0 Å². The summed E-state index contributed by atoms with van der Waals surface area (Å²) in [5.41, 5.74) is 2.49. The molecule has 2 aromatic carbocycles. The molecule has 2 atom stereocenters. The van der Waals surface area contributed by atoms with E-state index < -0.39 is 0 Å². The van der Waals surface area contributed by atoms with E-state index in [1.807, 2.05) is 18.2 Å². The molecule has 0 aliphatic heterocycles. The number of rotatable bonds is 4. The lowest BCUT2D eigenvalue weighted by molar-refractivity contribution is -0.384. The number of nitrogens with zero attached hydrogens (tertiary/aromatic N) is 1. The molecule has 0 saturated heterocycles. The highest BCUT2D eigenvalue weighted by Gasteiger charge is 2.39. The second-order valence-corrected chi connectivity index (χ2v) is 5.07. The standard InChI is InChI=1S/C16H15NO3/c1-20-14-7-5-11(6-8-14)15-10-16(15)12-3-2-4-13(9-12)17(18)19/h2-9,15-16H,10H2,1H3/t15-,16-/m0/s1. The quantitative estimate of drug-likeness (QED) is 0.625. The van der Waals surface area contributed by atoms with Crippen molar-refractivity contribution in [3.63, 3.8) is 0 Å². The van der Waals surface area contributed by atoms with Gasteiger partial charge in [-0.25, -0.2) is 0 Å². The number of non-ortho nitro benzene ring substituents is 1. The summed E-state index contributed by atoms with van der Waals surface area (Å²) in [6, 6.07) is 15.0. The van der Waals surface area contributed by atoms with E-state index in [0.717, 1.165) is 17.7 Å². The minimum absolute atomic E-state index is 0.169. The van der Waals surface area contributed by atoms with Crippen LogP contribution in [0.4, 0.5) is 5.69 Å². The Bertz CT molecular complexity index is 636. The SMILES string of the molecule is COc1ccc([C@@H]2C[C@H]2c2cccc([N+](=O)[O-])c2)cc1. The lowest BCUT2D eigenvalue weighted by Gasteiger charge is -2.03. The number of benzene rings is 2. The molecule has 0 unspecified atom stereocenters. The number of methoxy groups -OCH3 is 1. The highest BCUT2D eigenvalue weighted by molar-refractivity contribution is 5.43. The van der Waals surface area contributed by atoms with Crippen molar-refractivity contribution in [1.82, 2.24) is 0 Å². The molecule has 3 rings (SSSR count). The molecule has 1 aliphatic carbocycles. The number of ether oxygens (including phenoxy) is 1. The molecule has 0 spiro atoms. The van der Waals surface area contributed by atoms with Gasteiger partial charge in [-0.05, 0) is 41.5 Å². The molecular weight excluding hydrogens is 254 g/mol. The fourth-order valence-corrected chi connectivity index (χ4v) is 2.65. The molecule has 0 N–H and O–H groups in total. The maximum Gasteiger partial charge on any atom is 0.269 e. The summed E-state index contributed by atoms with van der Waals surface area (Å²) >= 11 is 0. The summed E-state index contributed by atoms with van der Waals surface area (Å²) in [4.78, 5) is 10.5. The van der Waals surface area contributed by atoms with E-state index in [0.29, 0.717) is 11.8 Å². The number of hydrogen-bond donors (Lipinski definition) is 0. The molecule has 0 aromatic heterocycles. The Morgan fingerprint density at radius 3 is 2.45 bits per heavy atom. The van der Waals surface area contributed by atoms with Crippen molar-refractivity contribution in [2.75, 3.05) is 7.11 Å². The van der Waals surface area contributed by atoms with Gasteiger partial charge in [-0.3, -0.25) is 10.1 Å². The smallest absolute Gasteiger partial charge is 0.269 e. The van der Waals surface area contributed by atoms with Crippen molar-refractivity contribution in [2.45, 2.75) is 18.3 Å². The van der Waals surface area contributed by atoms with Crippen molar-refractivity contribution in [3.8, 4) is 5.75 Å². The summed E-state index contributed by atoms with van der Waals surface area (Å²) in [5, 5.41) is 10.8. The molecule has 0 radical (unpaired) electrons. The first kappa shape index (κ1) is 12.7. The molecule has 4 nitrogen and oxygen atoms in total. The Labute approximate surface area is 117 Å². The zero-order valence-electron chi connectivity index (χ0n) is 11.2. The van der Waals surface area contributed by atoms with Crippen LogP contribution in [0.1, 0.15) is 29.4 Å². The van der Waals surface area contributed by atoms with Gasteiger partial charge in [-0.1, -0.05) is 24.3 Å². The van der Waals surface area contributed by atoms with Crippen LogP contribution in [0.2, 0.25) is 0 Å². The lowest BCUT2D eigenvalue weighted by atomic mass is 10.0. The Kier molecular flexibility index (Phi) is 3.14. The van der Waals surface area contributed by atoms with Gasteiger partial charge >= 0.3 is 0 Å². The predicted octanol–water partition coefficient (Wildman–Crippen LogP) is 3.87. The van der Waals surface area contributed by atoms with Crippen LogP contribution in [0.25, 0.3) is 0 Å². The number of nitro groups is 1. The summed E-state index contributed by atoms with van der Waals surface area (Å²) in [7, 11) is 1.65. The highest BCUT2D eigenvalue weighted by Crippen LogP contribution is 2.55. The van der Waals surface area contributed by atoms with E-state index in [1.54, 1.807) is 19.2 Å². The number of hydrogen-bond acceptors (Lipinski definition) is 3. The second-order valence-electron chi connectivity index (χ2n) is 5.07. The third-order valence-corrected chi connectivity index (χ3v) is 3.84. The minimum Gasteiger partial charge on any atom is -0.497 e. The summed E-state index contributed by atoms with van der Waals surface area (Å²) in [6.07, 6.45) is 1.05. The molecule has 2 aromatic rings. The fourth-order valence-electron chi connectivity index (χ4n) is 2.65. The summed E-state index contributed by atoms with van der Waals surface area (Å²) in [5.74, 6) is 1.70. The zero-order valence-corrected chi connectivity index (χ0v) is 11.2. The van der Waals surface area contributed by atoms with Crippen molar-refractivity contribution < 1.29 is 9.66 Å². The topological polar surface area (TPSA) is 52.4 Å². The van der Waals surface area contributed by atoms with E-state index in [2.05, 4.69) is 12.1 Å². The predicted molar refractivity (Wildman–Crippen MR) is 76.2 cm³/mol. The van der Waals surface area contributed by atoms with Crippen molar-refractivity contribution in [2.24, 2.45) is 0 Å². The largest absolute Gasteiger partial charge is 0.497 e. The molecule has 4 heteroatoms. The zero-order chi connectivity index (χ0) is 14.1. The first-order valence-electron chi connectivity index (χ1n) is 6.57. The normalized spacial score (nSPS) is 20.4. The maximum atomic E-state index is 10.8. The number of nitro benzene ring substituents is 1. The van der Waals surface area contributed by atoms with Gasteiger partial charge in [0.1, 0.15) is 5.75 Å². The Hall–Kier alpha value is -2.36. The Morgan fingerprint density at radius 2 is 1.80 bits per heavy atom. The summed E-state index contributed by atoms with van der Waals surface area (Å²) < 4.78 is 5.15. The molecule has 1 aliphatic rings. The maximum absolute atomic E-state index is 10.8. The lowest BCUT2D eigenvalue weighted by Crippen LogP contribution is -1.90. The van der Waals surface area contributed by atoms with Gasteiger partial charge < -0.3 is 4.74 Å². The van der Waals surface area contributed by atoms with Gasteiger partial charge in [0, 0.05) is 12.1 Å². The van der Waals surface area contributed by atoms with Gasteiger partial charge in [-0.15, -0.1) is 0 Å². The van der Waals surface area contributed by atoms with Crippen LogP contribution in [-0.4, -0.2) is 12.0 Å². The van der Waals surface area contributed by atoms with Gasteiger partial charge in [0.2, 0.25) is 0 Å². The van der Waals surface area contributed by atoms with Crippen molar-refractivity contribution in [3.05, 3.63) is 69.8 Å². The average molecular weight is 269 g/mol. The Morgan fingerprint density at radius 1 is 1.10 bits per heavy atom. The fraction of sp³-hybridized carbons (Fsp3) is 0.250. The van der Waals surface area contributed by atoms with E-state index >= 15 is 0 Å². The highest BCUT2D eigenvalue weighted by atomic mass is 16.6. The van der Waals surface area contributed by atoms with Gasteiger partial charge in [-0.2, -0.15) is 0 Å². The Balaban J connectivity index is 1.78. The second kappa shape index (κ2) is 4.96. The third kappa shape index (κ3) is 2.37. The molecule has 102 valence electrons. The van der Waals surface area contributed by atoms with Gasteiger partial charge in [0.05, 0.1) is 12.0 Å². The minimum atomic E-state index is -0.339. The van der Waals surface area contributed by atoms with E-state index in [1.165, 1.54) is 11.6 Å².